The van der Waals surface area contributed by atoms with Crippen LogP contribution in [0.5, 0.6) is 0 Å². The SMILES string of the molecule is CCNCc1ccc(N2CCCN(CCO)CC2)cc1. The van der Waals surface area contributed by atoms with Crippen LogP contribution in [0.4, 0.5) is 5.69 Å². The van der Waals surface area contributed by atoms with Gasteiger partial charge in [0.1, 0.15) is 0 Å². The van der Waals surface area contributed by atoms with Crippen molar-refractivity contribution in [1.29, 1.82) is 0 Å². The molecule has 20 heavy (non-hydrogen) atoms. The van der Waals surface area contributed by atoms with Crippen molar-refractivity contribution in [3.63, 3.8) is 0 Å². The number of benzene rings is 1. The predicted molar refractivity (Wildman–Crippen MR) is 84.2 cm³/mol. The van der Waals surface area contributed by atoms with E-state index in [4.69, 9.17) is 5.11 Å². The first-order chi connectivity index (χ1) is 9.83. The van der Waals surface area contributed by atoms with Crippen LogP contribution in [0.1, 0.15) is 18.9 Å². The summed E-state index contributed by atoms with van der Waals surface area (Å²) in [6, 6.07) is 8.89. The van der Waals surface area contributed by atoms with Gasteiger partial charge in [-0.15, -0.1) is 0 Å². The molecule has 0 radical (unpaired) electrons. The van der Waals surface area contributed by atoms with Crippen LogP contribution in [-0.2, 0) is 6.54 Å². The topological polar surface area (TPSA) is 38.7 Å². The van der Waals surface area contributed by atoms with E-state index in [1.54, 1.807) is 0 Å². The highest BCUT2D eigenvalue weighted by molar-refractivity contribution is 5.47. The van der Waals surface area contributed by atoms with Crippen LogP contribution in [-0.4, -0.2) is 55.9 Å². The zero-order valence-electron chi connectivity index (χ0n) is 12.5. The summed E-state index contributed by atoms with van der Waals surface area (Å²) in [6.45, 7) is 9.43. The Kier molecular flexibility index (Phi) is 6.30. The summed E-state index contributed by atoms with van der Waals surface area (Å²) in [5, 5.41) is 12.4. The van der Waals surface area contributed by atoms with Gasteiger partial charge in [0, 0.05) is 38.4 Å². The van der Waals surface area contributed by atoms with Gasteiger partial charge in [0.05, 0.1) is 6.61 Å². The van der Waals surface area contributed by atoms with Gasteiger partial charge in [-0.05, 0) is 37.2 Å². The lowest BCUT2D eigenvalue weighted by molar-refractivity contribution is 0.204. The number of nitrogens with zero attached hydrogens (tertiary/aromatic N) is 2. The molecule has 0 amide bonds. The van der Waals surface area contributed by atoms with E-state index in [0.29, 0.717) is 0 Å². The minimum Gasteiger partial charge on any atom is -0.395 e. The van der Waals surface area contributed by atoms with Crippen molar-refractivity contribution in [3.05, 3.63) is 29.8 Å². The molecule has 0 bridgehead atoms. The molecule has 1 aromatic carbocycles. The van der Waals surface area contributed by atoms with Gasteiger partial charge in [0.15, 0.2) is 0 Å². The molecule has 1 aliphatic heterocycles. The van der Waals surface area contributed by atoms with Gasteiger partial charge in [0.2, 0.25) is 0 Å². The first-order valence-electron chi connectivity index (χ1n) is 7.71. The predicted octanol–water partition coefficient (Wildman–Crippen LogP) is 1.30. The van der Waals surface area contributed by atoms with E-state index in [1.807, 2.05) is 0 Å². The lowest BCUT2D eigenvalue weighted by Crippen LogP contribution is -2.32. The van der Waals surface area contributed by atoms with E-state index in [-0.39, 0.29) is 6.61 Å². The van der Waals surface area contributed by atoms with E-state index < -0.39 is 0 Å². The molecule has 0 unspecified atom stereocenters. The van der Waals surface area contributed by atoms with E-state index in [9.17, 15) is 0 Å². The van der Waals surface area contributed by atoms with E-state index in [1.165, 1.54) is 17.7 Å². The number of aliphatic hydroxyl groups excluding tert-OH is 1. The van der Waals surface area contributed by atoms with Crippen molar-refractivity contribution >= 4 is 5.69 Å². The number of anilines is 1. The molecular weight excluding hydrogens is 250 g/mol. The number of nitrogens with one attached hydrogen (secondary N) is 1. The molecule has 4 heteroatoms. The molecule has 0 spiro atoms. The molecule has 2 N–H and O–H groups in total. The number of aliphatic hydroxyl groups is 1. The van der Waals surface area contributed by atoms with Crippen molar-refractivity contribution in [2.45, 2.75) is 19.9 Å². The van der Waals surface area contributed by atoms with Crippen LogP contribution >= 0.6 is 0 Å². The van der Waals surface area contributed by atoms with Crippen molar-refractivity contribution in [2.75, 3.05) is 50.8 Å². The van der Waals surface area contributed by atoms with Crippen molar-refractivity contribution in [1.82, 2.24) is 10.2 Å². The van der Waals surface area contributed by atoms with Gasteiger partial charge in [-0.2, -0.15) is 0 Å². The normalized spacial score (nSPS) is 17.2. The lowest BCUT2D eigenvalue weighted by atomic mass is 10.2. The lowest BCUT2D eigenvalue weighted by Gasteiger charge is -2.23. The highest BCUT2D eigenvalue weighted by atomic mass is 16.3. The Morgan fingerprint density at radius 1 is 1.10 bits per heavy atom. The molecule has 0 saturated carbocycles. The number of hydrogen-bond acceptors (Lipinski definition) is 4. The molecule has 2 rings (SSSR count). The summed E-state index contributed by atoms with van der Waals surface area (Å²) in [5.74, 6) is 0. The molecule has 1 aromatic rings. The largest absolute Gasteiger partial charge is 0.395 e. The average molecular weight is 277 g/mol. The Labute approximate surface area is 122 Å². The zero-order valence-corrected chi connectivity index (χ0v) is 12.5. The van der Waals surface area contributed by atoms with Crippen molar-refractivity contribution in [2.24, 2.45) is 0 Å². The molecule has 1 fully saturated rings. The maximum atomic E-state index is 9.03. The molecule has 0 aliphatic carbocycles. The zero-order chi connectivity index (χ0) is 14.2. The minimum absolute atomic E-state index is 0.263. The van der Waals surface area contributed by atoms with Gasteiger partial charge in [-0.1, -0.05) is 19.1 Å². The second-order valence-corrected chi connectivity index (χ2v) is 5.35. The fraction of sp³-hybridized carbons (Fsp3) is 0.625. The van der Waals surface area contributed by atoms with Gasteiger partial charge in [-0.25, -0.2) is 0 Å². The van der Waals surface area contributed by atoms with E-state index in [0.717, 1.165) is 45.8 Å². The third-order valence-electron chi connectivity index (χ3n) is 3.89. The molecule has 112 valence electrons. The maximum absolute atomic E-state index is 9.03. The van der Waals surface area contributed by atoms with Gasteiger partial charge in [0.25, 0.3) is 0 Å². The monoisotopic (exact) mass is 277 g/mol. The third kappa shape index (κ3) is 4.47. The van der Waals surface area contributed by atoms with Crippen LogP contribution in [0.3, 0.4) is 0 Å². The summed E-state index contributed by atoms with van der Waals surface area (Å²) in [4.78, 5) is 4.80. The van der Waals surface area contributed by atoms with Crippen LogP contribution in [0.25, 0.3) is 0 Å². The Balaban J connectivity index is 1.90. The third-order valence-corrected chi connectivity index (χ3v) is 3.89. The summed E-state index contributed by atoms with van der Waals surface area (Å²) in [6.07, 6.45) is 1.17. The quantitative estimate of drug-likeness (QED) is 0.822. The first kappa shape index (κ1) is 15.3. The van der Waals surface area contributed by atoms with Crippen LogP contribution < -0.4 is 10.2 Å². The summed E-state index contributed by atoms with van der Waals surface area (Å²) < 4.78 is 0. The maximum Gasteiger partial charge on any atom is 0.0558 e. The van der Waals surface area contributed by atoms with Gasteiger partial charge >= 0.3 is 0 Å². The molecular formula is C16H27N3O. The molecule has 1 aliphatic rings. The second kappa shape index (κ2) is 8.25. The minimum atomic E-state index is 0.263. The van der Waals surface area contributed by atoms with Gasteiger partial charge in [-0.3, -0.25) is 4.90 Å². The average Bonchev–Trinajstić information content (AvgIpc) is 2.72. The number of hydrogen-bond donors (Lipinski definition) is 2. The number of β-amino-alcohol motifs (C(OH)–C–C–N with tert-alkyl or cyclic N) is 1. The highest BCUT2D eigenvalue weighted by Gasteiger charge is 2.14. The fourth-order valence-corrected chi connectivity index (χ4v) is 2.69. The van der Waals surface area contributed by atoms with E-state index in [2.05, 4.69) is 46.3 Å². The Bertz CT molecular complexity index is 380. The van der Waals surface area contributed by atoms with Crippen LogP contribution in [0, 0.1) is 0 Å². The molecule has 1 heterocycles. The number of rotatable bonds is 6. The Morgan fingerprint density at radius 2 is 1.90 bits per heavy atom. The van der Waals surface area contributed by atoms with Crippen LogP contribution in [0.2, 0.25) is 0 Å². The van der Waals surface area contributed by atoms with Gasteiger partial charge < -0.3 is 15.3 Å². The van der Waals surface area contributed by atoms with Crippen molar-refractivity contribution in [3.8, 4) is 0 Å². The molecule has 1 saturated heterocycles. The summed E-state index contributed by atoms with van der Waals surface area (Å²) >= 11 is 0. The van der Waals surface area contributed by atoms with E-state index >= 15 is 0 Å². The first-order valence-corrected chi connectivity index (χ1v) is 7.71. The standard InChI is InChI=1S/C16H27N3O/c1-2-17-14-15-4-6-16(7-5-15)19-9-3-8-18(10-11-19)12-13-20/h4-7,17,20H,2-3,8-14H2,1H3. The smallest absolute Gasteiger partial charge is 0.0558 e. The summed E-state index contributed by atoms with van der Waals surface area (Å²) in [5.41, 5.74) is 2.66. The fourth-order valence-electron chi connectivity index (χ4n) is 2.69. The molecule has 4 nitrogen and oxygen atoms in total. The Morgan fingerprint density at radius 3 is 2.60 bits per heavy atom. The van der Waals surface area contributed by atoms with Crippen LogP contribution in [0.15, 0.2) is 24.3 Å². The molecule has 0 aromatic heterocycles. The summed E-state index contributed by atoms with van der Waals surface area (Å²) in [7, 11) is 0. The highest BCUT2D eigenvalue weighted by Crippen LogP contribution is 2.17. The Hall–Kier alpha value is -1.10. The molecule has 0 atom stereocenters. The second-order valence-electron chi connectivity index (χ2n) is 5.35. The van der Waals surface area contributed by atoms with Crippen molar-refractivity contribution < 1.29 is 5.11 Å².